The Bertz CT molecular complexity index is 728. The number of carbonyl (C=O) groups excluding carboxylic acids is 2. The van der Waals surface area contributed by atoms with Crippen molar-refractivity contribution < 1.29 is 37.7 Å². The van der Waals surface area contributed by atoms with E-state index in [-0.39, 0.29) is 5.70 Å². The van der Waals surface area contributed by atoms with E-state index >= 15 is 0 Å². The summed E-state index contributed by atoms with van der Waals surface area (Å²) in [6.45, 7) is 0. The topological polar surface area (TPSA) is 99.2 Å². The number of halogens is 3. The molecule has 6 nitrogen and oxygen atoms in total. The Kier molecular flexibility index (Phi) is 3.42. The monoisotopic (exact) mass is 329 g/mol. The number of rotatable bonds is 2. The van der Waals surface area contributed by atoms with E-state index in [0.29, 0.717) is 12.1 Å². The Morgan fingerprint density at radius 1 is 1.30 bits per heavy atom. The third-order valence-electron chi connectivity index (χ3n) is 3.56. The first kappa shape index (κ1) is 15.5. The number of amides is 1. The van der Waals surface area contributed by atoms with Gasteiger partial charge in [0.2, 0.25) is 0 Å². The summed E-state index contributed by atoms with van der Waals surface area (Å²) in [5.74, 6) is -2.24. The molecular formula is C14H10F3NO5. The number of phenolic OH excluding ortho intramolecular Hbond substituents is 1. The molecule has 0 saturated carbocycles. The molecule has 1 amide bonds. The minimum absolute atomic E-state index is 0.127. The van der Waals surface area contributed by atoms with Crippen LogP contribution in [0.1, 0.15) is 15.9 Å². The molecule has 3 rings (SSSR count). The summed E-state index contributed by atoms with van der Waals surface area (Å²) in [4.78, 5) is 23.5. The van der Waals surface area contributed by atoms with E-state index in [1.807, 2.05) is 0 Å². The van der Waals surface area contributed by atoms with E-state index in [2.05, 4.69) is 5.32 Å². The summed E-state index contributed by atoms with van der Waals surface area (Å²) in [5.41, 5.74) is -1.65. The van der Waals surface area contributed by atoms with Gasteiger partial charge in [-0.1, -0.05) is 0 Å². The second-order valence-corrected chi connectivity index (χ2v) is 5.15. The minimum Gasteiger partial charge on any atom is -0.507 e. The summed E-state index contributed by atoms with van der Waals surface area (Å²) in [6.07, 6.45) is -6.33. The quantitative estimate of drug-likeness (QED) is 0.695. The Balaban J connectivity index is 1.80. The van der Waals surface area contributed by atoms with E-state index in [0.717, 1.165) is 12.1 Å². The fourth-order valence-corrected chi connectivity index (χ4v) is 2.30. The molecule has 1 aromatic carbocycles. The zero-order valence-corrected chi connectivity index (χ0v) is 11.3. The Morgan fingerprint density at radius 3 is 2.61 bits per heavy atom. The molecule has 1 aliphatic heterocycles. The first-order valence-corrected chi connectivity index (χ1v) is 6.49. The molecular weight excluding hydrogens is 319 g/mol. The van der Waals surface area contributed by atoms with E-state index in [4.69, 9.17) is 4.74 Å². The predicted octanol–water partition coefficient (Wildman–Crippen LogP) is 0.736. The lowest BCUT2D eigenvalue weighted by molar-refractivity contribution is -0.137. The number of ketones is 1. The zero-order chi connectivity index (χ0) is 16.9. The van der Waals surface area contributed by atoms with Crippen molar-refractivity contribution in [3.05, 3.63) is 41.1 Å². The number of alkyl halides is 3. The number of fused-ring (bicyclic) bond motifs is 1. The maximum absolute atomic E-state index is 12.5. The Labute approximate surface area is 127 Å². The number of epoxide rings is 1. The number of aliphatic hydroxyl groups excluding tert-OH is 1. The second kappa shape index (κ2) is 5.07. The predicted molar refractivity (Wildman–Crippen MR) is 68.3 cm³/mol. The van der Waals surface area contributed by atoms with Gasteiger partial charge in [-0.15, -0.1) is 0 Å². The number of nitrogens with one attached hydrogen (secondary N) is 1. The number of phenols is 1. The van der Waals surface area contributed by atoms with Crippen molar-refractivity contribution in [1.29, 1.82) is 0 Å². The van der Waals surface area contributed by atoms with Crippen LogP contribution in [0.4, 0.5) is 13.2 Å². The van der Waals surface area contributed by atoms with Crippen LogP contribution in [-0.4, -0.2) is 40.2 Å². The molecule has 9 heteroatoms. The van der Waals surface area contributed by atoms with Gasteiger partial charge < -0.3 is 20.3 Å². The first-order chi connectivity index (χ1) is 10.7. The number of hydrogen-bond acceptors (Lipinski definition) is 5. The molecule has 0 bridgehead atoms. The molecule has 0 aromatic heterocycles. The number of benzene rings is 1. The Morgan fingerprint density at radius 2 is 2.00 bits per heavy atom. The molecule has 122 valence electrons. The third-order valence-corrected chi connectivity index (χ3v) is 3.56. The van der Waals surface area contributed by atoms with Crippen LogP contribution in [0.3, 0.4) is 0 Å². The summed E-state index contributed by atoms with van der Waals surface area (Å²) in [6, 6.07) is 1.87. The maximum Gasteiger partial charge on any atom is 0.416 e. The highest BCUT2D eigenvalue weighted by Crippen LogP contribution is 2.35. The molecule has 3 unspecified atom stereocenters. The van der Waals surface area contributed by atoms with Crippen molar-refractivity contribution >= 4 is 11.7 Å². The molecule has 0 spiro atoms. The van der Waals surface area contributed by atoms with Crippen LogP contribution in [0.2, 0.25) is 0 Å². The lowest BCUT2D eigenvalue weighted by atomic mass is 10.00. The van der Waals surface area contributed by atoms with Gasteiger partial charge in [-0.25, -0.2) is 0 Å². The van der Waals surface area contributed by atoms with Crippen LogP contribution < -0.4 is 5.32 Å². The molecule has 1 aromatic rings. The summed E-state index contributed by atoms with van der Waals surface area (Å²) >= 11 is 0. The number of aliphatic hydroxyl groups is 1. The van der Waals surface area contributed by atoms with Crippen molar-refractivity contribution in [2.45, 2.75) is 24.5 Å². The van der Waals surface area contributed by atoms with Gasteiger partial charge in [0.15, 0.2) is 5.78 Å². The van der Waals surface area contributed by atoms with Crippen molar-refractivity contribution in [1.82, 2.24) is 5.32 Å². The lowest BCUT2D eigenvalue weighted by Crippen LogP contribution is -2.37. The molecule has 2 aliphatic rings. The third kappa shape index (κ3) is 2.80. The van der Waals surface area contributed by atoms with Gasteiger partial charge in [-0.05, 0) is 18.2 Å². The van der Waals surface area contributed by atoms with Crippen LogP contribution in [0.5, 0.6) is 5.75 Å². The number of carbonyl (C=O) groups is 2. The van der Waals surface area contributed by atoms with Crippen molar-refractivity contribution in [2.75, 3.05) is 0 Å². The van der Waals surface area contributed by atoms with Crippen molar-refractivity contribution in [3.8, 4) is 5.75 Å². The number of hydrogen-bond donors (Lipinski definition) is 3. The van der Waals surface area contributed by atoms with E-state index in [1.165, 1.54) is 0 Å². The van der Waals surface area contributed by atoms with Gasteiger partial charge >= 0.3 is 6.18 Å². The van der Waals surface area contributed by atoms with Gasteiger partial charge in [0.25, 0.3) is 5.91 Å². The summed E-state index contributed by atoms with van der Waals surface area (Å²) in [7, 11) is 0. The normalized spacial score (nSPS) is 26.3. The highest BCUT2D eigenvalue weighted by atomic mass is 19.4. The molecule has 23 heavy (non-hydrogen) atoms. The van der Waals surface area contributed by atoms with Gasteiger partial charge in [0, 0.05) is 6.08 Å². The van der Waals surface area contributed by atoms with E-state index in [9.17, 15) is 33.0 Å². The van der Waals surface area contributed by atoms with E-state index in [1.54, 1.807) is 0 Å². The largest absolute Gasteiger partial charge is 0.507 e. The molecule has 1 aliphatic carbocycles. The fraction of sp³-hybridized carbons (Fsp3) is 0.286. The van der Waals surface area contributed by atoms with Crippen LogP contribution in [0.25, 0.3) is 0 Å². The molecule has 0 radical (unpaired) electrons. The first-order valence-electron chi connectivity index (χ1n) is 6.49. The molecule has 1 fully saturated rings. The molecule has 1 heterocycles. The Hall–Kier alpha value is -2.39. The van der Waals surface area contributed by atoms with Gasteiger partial charge in [-0.3, -0.25) is 9.59 Å². The molecule has 3 atom stereocenters. The smallest absolute Gasteiger partial charge is 0.416 e. The van der Waals surface area contributed by atoms with Gasteiger partial charge in [-0.2, -0.15) is 13.2 Å². The van der Waals surface area contributed by atoms with Gasteiger partial charge in [0.1, 0.15) is 24.1 Å². The minimum atomic E-state index is -4.65. The average Bonchev–Trinajstić information content (AvgIpc) is 3.24. The van der Waals surface area contributed by atoms with Crippen LogP contribution in [-0.2, 0) is 15.7 Å². The number of ether oxygens (including phenoxy) is 1. The SMILES string of the molecule is O=C(NC1=CC(=O)C2OC2C1O)c1ccc(C(F)(F)F)cc1O. The molecule has 1 saturated heterocycles. The molecule has 3 N–H and O–H groups in total. The van der Waals surface area contributed by atoms with Crippen LogP contribution in [0.15, 0.2) is 30.0 Å². The summed E-state index contributed by atoms with van der Waals surface area (Å²) < 4.78 is 42.4. The second-order valence-electron chi connectivity index (χ2n) is 5.15. The van der Waals surface area contributed by atoms with Crippen molar-refractivity contribution in [2.24, 2.45) is 0 Å². The summed E-state index contributed by atoms with van der Waals surface area (Å²) in [5, 5.41) is 21.6. The lowest BCUT2D eigenvalue weighted by Gasteiger charge is -2.17. The highest BCUT2D eigenvalue weighted by Gasteiger charge is 2.53. The fourth-order valence-electron chi connectivity index (χ4n) is 2.30. The van der Waals surface area contributed by atoms with Gasteiger partial charge in [0.05, 0.1) is 16.8 Å². The highest BCUT2D eigenvalue weighted by molar-refractivity contribution is 6.01. The van der Waals surface area contributed by atoms with Crippen molar-refractivity contribution in [3.63, 3.8) is 0 Å². The maximum atomic E-state index is 12.5. The van der Waals surface area contributed by atoms with E-state index < -0.39 is 53.1 Å². The zero-order valence-electron chi connectivity index (χ0n) is 11.3. The standard InChI is InChI=1S/C14H10F3NO5/c15-14(16,17)5-1-2-6(8(19)3-5)13(22)18-7-4-9(20)11-12(23-11)10(7)21/h1-4,10-12,19,21H,(H,18,22). The van der Waals surface area contributed by atoms with Crippen LogP contribution in [0, 0.1) is 0 Å². The number of aromatic hydroxyl groups is 1. The average molecular weight is 329 g/mol. The van der Waals surface area contributed by atoms with Crippen LogP contribution >= 0.6 is 0 Å².